The highest BCUT2D eigenvalue weighted by atomic mass is 32.1. The highest BCUT2D eigenvalue weighted by Crippen LogP contribution is 2.31. The smallest absolute Gasteiger partial charge is 0.337 e. The van der Waals surface area contributed by atoms with Crippen molar-refractivity contribution in [3.8, 4) is 0 Å². The summed E-state index contributed by atoms with van der Waals surface area (Å²) in [6.45, 7) is 4.51. The number of nitrogens with zero attached hydrogens (tertiary/aromatic N) is 1. The fourth-order valence-electron chi connectivity index (χ4n) is 4.14. The molecule has 8 heteroatoms. The molecule has 3 N–H and O–H groups in total. The molecule has 162 valence electrons. The fraction of sp³-hybridized carbons (Fsp3) is 0.500. The van der Waals surface area contributed by atoms with Crippen molar-refractivity contribution in [1.82, 2.24) is 15.5 Å². The fourth-order valence-corrected chi connectivity index (χ4v) is 4.53. The Hall–Kier alpha value is -2.61. The van der Waals surface area contributed by atoms with Gasteiger partial charge in [-0.2, -0.15) is 0 Å². The molecule has 2 aliphatic rings. The van der Waals surface area contributed by atoms with Crippen molar-refractivity contribution in [2.24, 2.45) is 0 Å². The third-order valence-corrected chi connectivity index (χ3v) is 6.10. The van der Waals surface area contributed by atoms with Gasteiger partial charge in [0.15, 0.2) is 5.11 Å². The van der Waals surface area contributed by atoms with Crippen LogP contribution in [0, 0.1) is 0 Å². The van der Waals surface area contributed by atoms with Gasteiger partial charge in [-0.05, 0) is 56.6 Å². The highest BCUT2D eigenvalue weighted by Gasteiger charge is 2.33. The van der Waals surface area contributed by atoms with Crippen LogP contribution in [0.4, 0.5) is 10.5 Å². The minimum atomic E-state index is -0.405. The van der Waals surface area contributed by atoms with Gasteiger partial charge < -0.3 is 25.6 Å². The number of benzene rings is 1. The zero-order chi connectivity index (χ0) is 21.7. The standard InChI is InChI=1S/C22H30N4O3S/c1-4-26-14(2)18(20(27)29-3)19(25-22(26)30)15-10-12-17(13-11-15)24-21(28)23-16-8-6-5-7-9-16/h10-13,16,19H,4-9H2,1-3H3,(H,25,30)(H2,23,24,28). The molecular formula is C22H30N4O3S. The van der Waals surface area contributed by atoms with Crippen LogP contribution in [0.25, 0.3) is 0 Å². The average Bonchev–Trinajstić information content (AvgIpc) is 2.74. The molecule has 3 rings (SSSR count). The predicted octanol–water partition coefficient (Wildman–Crippen LogP) is 3.84. The van der Waals surface area contributed by atoms with E-state index in [4.69, 9.17) is 17.0 Å². The van der Waals surface area contributed by atoms with Gasteiger partial charge in [0.1, 0.15) is 0 Å². The minimum Gasteiger partial charge on any atom is -0.466 e. The van der Waals surface area contributed by atoms with Crippen LogP contribution >= 0.6 is 12.2 Å². The number of thiocarbonyl (C=S) groups is 1. The van der Waals surface area contributed by atoms with E-state index in [1.807, 2.05) is 43.0 Å². The first-order chi connectivity index (χ1) is 14.4. The largest absolute Gasteiger partial charge is 0.466 e. The molecule has 2 amide bonds. The molecule has 0 spiro atoms. The van der Waals surface area contributed by atoms with Gasteiger partial charge in [0, 0.05) is 24.0 Å². The Labute approximate surface area is 183 Å². The summed E-state index contributed by atoms with van der Waals surface area (Å²) >= 11 is 5.48. The number of carbonyl (C=O) groups excluding carboxylic acids is 2. The van der Waals surface area contributed by atoms with Gasteiger partial charge in [0.2, 0.25) is 0 Å². The molecule has 1 aromatic rings. The number of methoxy groups -OCH3 is 1. The van der Waals surface area contributed by atoms with Gasteiger partial charge in [0.25, 0.3) is 0 Å². The zero-order valence-corrected chi connectivity index (χ0v) is 18.6. The highest BCUT2D eigenvalue weighted by molar-refractivity contribution is 7.80. The van der Waals surface area contributed by atoms with Crippen LogP contribution in [-0.4, -0.2) is 41.7 Å². The van der Waals surface area contributed by atoms with Crippen molar-refractivity contribution >= 4 is 35.0 Å². The van der Waals surface area contributed by atoms with Crippen molar-refractivity contribution in [2.75, 3.05) is 19.0 Å². The maximum absolute atomic E-state index is 12.5. The number of esters is 1. The van der Waals surface area contributed by atoms with E-state index in [0.29, 0.717) is 22.9 Å². The van der Waals surface area contributed by atoms with Gasteiger partial charge in [0.05, 0.1) is 18.7 Å². The van der Waals surface area contributed by atoms with E-state index in [1.165, 1.54) is 26.4 Å². The van der Waals surface area contributed by atoms with Crippen LogP contribution in [-0.2, 0) is 9.53 Å². The van der Waals surface area contributed by atoms with Gasteiger partial charge in [-0.25, -0.2) is 9.59 Å². The van der Waals surface area contributed by atoms with Gasteiger partial charge in [-0.3, -0.25) is 0 Å². The number of ether oxygens (including phenoxy) is 1. The van der Waals surface area contributed by atoms with Crippen LogP contribution in [0.2, 0.25) is 0 Å². The lowest BCUT2D eigenvalue weighted by atomic mass is 9.95. The minimum absolute atomic E-state index is 0.184. The number of rotatable bonds is 5. The van der Waals surface area contributed by atoms with E-state index in [2.05, 4.69) is 16.0 Å². The number of carbonyl (C=O) groups is 2. The van der Waals surface area contributed by atoms with Crippen LogP contribution in [0.5, 0.6) is 0 Å². The zero-order valence-electron chi connectivity index (χ0n) is 17.8. The molecule has 1 saturated carbocycles. The second-order valence-electron chi connectivity index (χ2n) is 7.67. The molecule has 1 unspecified atom stereocenters. The summed E-state index contributed by atoms with van der Waals surface area (Å²) in [7, 11) is 1.38. The summed E-state index contributed by atoms with van der Waals surface area (Å²) in [5, 5.41) is 9.75. The molecular weight excluding hydrogens is 400 g/mol. The number of urea groups is 1. The lowest BCUT2D eigenvalue weighted by Crippen LogP contribution is -2.47. The molecule has 0 bridgehead atoms. The maximum Gasteiger partial charge on any atom is 0.337 e. The molecule has 1 aliphatic heterocycles. The van der Waals surface area contributed by atoms with Gasteiger partial charge >= 0.3 is 12.0 Å². The predicted molar refractivity (Wildman–Crippen MR) is 121 cm³/mol. The Morgan fingerprint density at radius 2 is 1.87 bits per heavy atom. The SMILES string of the molecule is CCN1C(=S)NC(c2ccc(NC(=O)NC3CCCCC3)cc2)C(C(=O)OC)=C1C. The molecule has 1 aromatic carbocycles. The van der Waals surface area contributed by atoms with E-state index in [9.17, 15) is 9.59 Å². The molecule has 0 saturated heterocycles. The molecule has 1 aliphatic carbocycles. The van der Waals surface area contributed by atoms with E-state index < -0.39 is 6.04 Å². The summed E-state index contributed by atoms with van der Waals surface area (Å²) < 4.78 is 5.02. The number of anilines is 1. The number of hydrogen-bond donors (Lipinski definition) is 3. The van der Waals surface area contributed by atoms with E-state index >= 15 is 0 Å². The van der Waals surface area contributed by atoms with E-state index in [-0.39, 0.29) is 18.0 Å². The molecule has 1 fully saturated rings. The van der Waals surface area contributed by atoms with Gasteiger partial charge in [-0.1, -0.05) is 31.4 Å². The third-order valence-electron chi connectivity index (χ3n) is 5.76. The van der Waals surface area contributed by atoms with Crippen molar-refractivity contribution in [3.63, 3.8) is 0 Å². The Morgan fingerprint density at radius 1 is 1.20 bits per heavy atom. The van der Waals surface area contributed by atoms with Crippen LogP contribution in [0.1, 0.15) is 57.6 Å². The monoisotopic (exact) mass is 430 g/mol. The lowest BCUT2D eigenvalue weighted by Gasteiger charge is -2.36. The Morgan fingerprint density at radius 3 is 2.47 bits per heavy atom. The number of nitrogens with one attached hydrogen (secondary N) is 3. The van der Waals surface area contributed by atoms with Crippen LogP contribution in [0.3, 0.4) is 0 Å². The first kappa shape index (κ1) is 22.1. The van der Waals surface area contributed by atoms with Crippen molar-refractivity contribution in [2.45, 2.75) is 58.0 Å². The van der Waals surface area contributed by atoms with Crippen molar-refractivity contribution < 1.29 is 14.3 Å². The molecule has 0 aromatic heterocycles. The second-order valence-corrected chi connectivity index (χ2v) is 8.06. The molecule has 30 heavy (non-hydrogen) atoms. The molecule has 0 radical (unpaired) electrons. The molecule has 1 heterocycles. The van der Waals surface area contributed by atoms with E-state index in [0.717, 1.165) is 24.1 Å². The quantitative estimate of drug-likeness (QED) is 0.486. The number of hydrogen-bond acceptors (Lipinski definition) is 4. The Bertz CT molecular complexity index is 831. The molecule has 7 nitrogen and oxygen atoms in total. The summed E-state index contributed by atoms with van der Waals surface area (Å²) in [6.07, 6.45) is 5.66. The van der Waals surface area contributed by atoms with Crippen molar-refractivity contribution in [1.29, 1.82) is 0 Å². The van der Waals surface area contributed by atoms with Gasteiger partial charge in [-0.15, -0.1) is 0 Å². The first-order valence-corrected chi connectivity index (χ1v) is 10.9. The summed E-state index contributed by atoms with van der Waals surface area (Å²) in [5.41, 5.74) is 2.88. The Kier molecular flexibility index (Phi) is 7.31. The third kappa shape index (κ3) is 4.92. The maximum atomic E-state index is 12.5. The average molecular weight is 431 g/mol. The summed E-state index contributed by atoms with van der Waals surface area (Å²) in [5.74, 6) is -0.389. The Balaban J connectivity index is 1.74. The molecule has 1 atom stereocenters. The lowest BCUT2D eigenvalue weighted by molar-refractivity contribution is -0.136. The topological polar surface area (TPSA) is 82.7 Å². The van der Waals surface area contributed by atoms with Crippen LogP contribution in [0.15, 0.2) is 35.5 Å². The second kappa shape index (κ2) is 9.93. The van der Waals surface area contributed by atoms with E-state index in [1.54, 1.807) is 0 Å². The normalized spacial score (nSPS) is 19.9. The number of amides is 2. The summed E-state index contributed by atoms with van der Waals surface area (Å²) in [4.78, 5) is 26.6. The summed E-state index contributed by atoms with van der Waals surface area (Å²) in [6, 6.07) is 7.09. The van der Waals surface area contributed by atoms with Crippen LogP contribution < -0.4 is 16.0 Å². The van der Waals surface area contributed by atoms with Crippen molar-refractivity contribution in [3.05, 3.63) is 41.1 Å². The number of allylic oxidation sites excluding steroid dienone is 1. The first-order valence-electron chi connectivity index (χ1n) is 10.5.